The number of rotatable bonds is 14. The highest BCUT2D eigenvalue weighted by Gasteiger charge is 2.17. The van der Waals surface area contributed by atoms with Crippen LogP contribution in [0.4, 0.5) is 0 Å². The maximum Gasteiger partial charge on any atom is 0.298 e. The van der Waals surface area contributed by atoms with E-state index in [0.29, 0.717) is 5.75 Å². The lowest BCUT2D eigenvalue weighted by Gasteiger charge is -2.13. The van der Waals surface area contributed by atoms with E-state index in [1.165, 1.54) is 75.6 Å². The van der Waals surface area contributed by atoms with Crippen molar-refractivity contribution in [3.63, 3.8) is 0 Å². The van der Waals surface area contributed by atoms with Crippen LogP contribution in [0.3, 0.4) is 0 Å². The van der Waals surface area contributed by atoms with Gasteiger partial charge in [0.15, 0.2) is 0 Å². The standard InChI is InChI=1S/C24H34O5S/c1-2-3-4-5-6-7-8-9-10-11-14-20-17-18-21(25)19-23(20)29-22-15-12-13-16-24(22)30(26,27)28/h12-13,15-19,25H,2-11,14H2,1H3,(H,26,27,28). The van der Waals surface area contributed by atoms with Crippen LogP contribution >= 0.6 is 0 Å². The van der Waals surface area contributed by atoms with Crippen LogP contribution < -0.4 is 4.74 Å². The average Bonchev–Trinajstić information content (AvgIpc) is 2.70. The smallest absolute Gasteiger partial charge is 0.298 e. The number of phenolic OH excluding ortho intramolecular Hbond substituents is 1. The van der Waals surface area contributed by atoms with E-state index in [4.69, 9.17) is 4.74 Å². The molecule has 0 spiro atoms. The van der Waals surface area contributed by atoms with Crippen LogP contribution in [0, 0.1) is 0 Å². The first-order valence-corrected chi connectivity index (χ1v) is 12.4. The Kier molecular flexibility index (Phi) is 10.2. The molecule has 2 aromatic carbocycles. The van der Waals surface area contributed by atoms with E-state index in [2.05, 4.69) is 6.92 Å². The molecule has 0 atom stereocenters. The lowest BCUT2D eigenvalue weighted by Crippen LogP contribution is -2.01. The molecular formula is C24H34O5S. The monoisotopic (exact) mass is 434 g/mol. The zero-order valence-corrected chi connectivity index (χ0v) is 18.7. The zero-order valence-electron chi connectivity index (χ0n) is 17.8. The van der Waals surface area contributed by atoms with Crippen molar-refractivity contribution in [1.29, 1.82) is 0 Å². The minimum Gasteiger partial charge on any atom is -0.508 e. The number of benzene rings is 2. The van der Waals surface area contributed by atoms with E-state index in [1.807, 2.05) is 0 Å². The summed E-state index contributed by atoms with van der Waals surface area (Å²) in [5.41, 5.74) is 0.900. The Balaban J connectivity index is 1.88. The molecule has 0 aliphatic rings. The Morgan fingerprint density at radius 1 is 0.800 bits per heavy atom. The third-order valence-electron chi connectivity index (χ3n) is 5.20. The van der Waals surface area contributed by atoms with Gasteiger partial charge in [0.05, 0.1) is 0 Å². The SMILES string of the molecule is CCCCCCCCCCCCc1ccc(O)cc1Oc1ccccc1S(=O)(=O)O. The van der Waals surface area contributed by atoms with Crippen molar-refractivity contribution in [1.82, 2.24) is 0 Å². The number of hydrogen-bond acceptors (Lipinski definition) is 4. The Labute approximate surface area is 180 Å². The maximum absolute atomic E-state index is 11.6. The second-order valence-electron chi connectivity index (χ2n) is 7.75. The number of para-hydroxylation sites is 1. The minimum absolute atomic E-state index is 0.0370. The van der Waals surface area contributed by atoms with Gasteiger partial charge in [0.1, 0.15) is 22.1 Å². The number of unbranched alkanes of at least 4 members (excludes halogenated alkanes) is 9. The molecule has 0 bridgehead atoms. The molecule has 0 aliphatic carbocycles. The molecule has 2 aromatic rings. The summed E-state index contributed by atoms with van der Waals surface area (Å²) in [6.45, 7) is 2.23. The predicted octanol–water partition coefficient (Wildman–Crippen LogP) is 6.89. The fraction of sp³-hybridized carbons (Fsp3) is 0.500. The van der Waals surface area contributed by atoms with E-state index in [9.17, 15) is 18.1 Å². The summed E-state index contributed by atoms with van der Waals surface area (Å²) >= 11 is 0. The second kappa shape index (κ2) is 12.6. The maximum atomic E-state index is 11.6. The number of aryl methyl sites for hydroxylation is 1. The normalized spacial score (nSPS) is 11.5. The van der Waals surface area contributed by atoms with Gasteiger partial charge in [0.25, 0.3) is 10.1 Å². The van der Waals surface area contributed by atoms with E-state index >= 15 is 0 Å². The molecule has 0 saturated heterocycles. The largest absolute Gasteiger partial charge is 0.508 e. The first kappa shape index (κ1) is 24.2. The molecule has 0 unspecified atom stereocenters. The number of hydrogen-bond donors (Lipinski definition) is 2. The Hall–Kier alpha value is -2.05. The van der Waals surface area contributed by atoms with Crippen molar-refractivity contribution in [2.75, 3.05) is 0 Å². The molecule has 0 aliphatic heterocycles. The van der Waals surface area contributed by atoms with Gasteiger partial charge in [-0.05, 0) is 36.6 Å². The molecule has 5 nitrogen and oxygen atoms in total. The topological polar surface area (TPSA) is 83.8 Å². The van der Waals surface area contributed by atoms with Crippen molar-refractivity contribution >= 4 is 10.1 Å². The van der Waals surface area contributed by atoms with Gasteiger partial charge >= 0.3 is 0 Å². The quantitative estimate of drug-likeness (QED) is 0.250. The van der Waals surface area contributed by atoms with Crippen molar-refractivity contribution in [2.45, 2.75) is 82.4 Å². The van der Waals surface area contributed by atoms with Crippen molar-refractivity contribution in [3.05, 3.63) is 48.0 Å². The van der Waals surface area contributed by atoms with Gasteiger partial charge in [0.2, 0.25) is 0 Å². The van der Waals surface area contributed by atoms with E-state index in [-0.39, 0.29) is 16.4 Å². The van der Waals surface area contributed by atoms with Gasteiger partial charge in [0, 0.05) is 6.07 Å². The van der Waals surface area contributed by atoms with E-state index in [0.717, 1.165) is 24.8 Å². The molecule has 0 saturated carbocycles. The minimum atomic E-state index is -4.40. The molecule has 2 rings (SSSR count). The first-order chi connectivity index (χ1) is 14.4. The van der Waals surface area contributed by atoms with Gasteiger partial charge in [-0.25, -0.2) is 0 Å². The summed E-state index contributed by atoms with van der Waals surface area (Å²) < 4.78 is 38.4. The predicted molar refractivity (Wildman–Crippen MR) is 120 cm³/mol. The van der Waals surface area contributed by atoms with Crippen LogP contribution in [0.15, 0.2) is 47.4 Å². The number of ether oxygens (including phenoxy) is 1. The van der Waals surface area contributed by atoms with Crippen LogP contribution in [-0.2, 0) is 16.5 Å². The first-order valence-electron chi connectivity index (χ1n) is 11.0. The number of aromatic hydroxyl groups is 1. The second-order valence-corrected chi connectivity index (χ2v) is 9.14. The highest BCUT2D eigenvalue weighted by atomic mass is 32.2. The molecular weight excluding hydrogens is 400 g/mol. The molecule has 30 heavy (non-hydrogen) atoms. The summed E-state index contributed by atoms with van der Waals surface area (Å²) in [5.74, 6) is 0.484. The lowest BCUT2D eigenvalue weighted by molar-refractivity contribution is 0.436. The van der Waals surface area contributed by atoms with Gasteiger partial charge in [-0.3, -0.25) is 4.55 Å². The molecule has 6 heteroatoms. The summed E-state index contributed by atoms with van der Waals surface area (Å²) in [4.78, 5) is -0.293. The highest BCUT2D eigenvalue weighted by molar-refractivity contribution is 7.86. The van der Waals surface area contributed by atoms with Gasteiger partial charge in [-0.15, -0.1) is 0 Å². The molecule has 0 radical (unpaired) electrons. The van der Waals surface area contributed by atoms with Gasteiger partial charge in [-0.2, -0.15) is 8.42 Å². The van der Waals surface area contributed by atoms with Crippen molar-refractivity contribution in [3.8, 4) is 17.2 Å². The molecule has 0 fully saturated rings. The van der Waals surface area contributed by atoms with Crippen LogP contribution in [0.5, 0.6) is 17.2 Å². The molecule has 0 amide bonds. The van der Waals surface area contributed by atoms with Crippen molar-refractivity contribution < 1.29 is 22.8 Å². The third-order valence-corrected chi connectivity index (χ3v) is 6.09. The third kappa shape index (κ3) is 8.36. The van der Waals surface area contributed by atoms with Crippen molar-refractivity contribution in [2.24, 2.45) is 0 Å². The van der Waals surface area contributed by atoms with E-state index < -0.39 is 10.1 Å². The van der Waals surface area contributed by atoms with Gasteiger partial charge < -0.3 is 9.84 Å². The molecule has 0 heterocycles. The van der Waals surface area contributed by atoms with Crippen LogP contribution in [0.1, 0.15) is 76.7 Å². The summed E-state index contributed by atoms with van der Waals surface area (Å²) in [7, 11) is -4.40. The summed E-state index contributed by atoms with van der Waals surface area (Å²) in [6, 6.07) is 10.8. The van der Waals surface area contributed by atoms with Crippen LogP contribution in [0.2, 0.25) is 0 Å². The number of phenols is 1. The van der Waals surface area contributed by atoms with Crippen LogP contribution in [-0.4, -0.2) is 18.1 Å². The summed E-state index contributed by atoms with van der Waals surface area (Å²) in [5, 5.41) is 9.84. The Morgan fingerprint density at radius 2 is 1.40 bits per heavy atom. The molecule has 0 aromatic heterocycles. The zero-order chi connectivity index (χ0) is 21.8. The fourth-order valence-electron chi connectivity index (χ4n) is 3.51. The van der Waals surface area contributed by atoms with Gasteiger partial charge in [-0.1, -0.05) is 82.9 Å². The fourth-order valence-corrected chi connectivity index (χ4v) is 4.13. The van der Waals surface area contributed by atoms with E-state index in [1.54, 1.807) is 18.2 Å². The summed E-state index contributed by atoms with van der Waals surface area (Å²) in [6.07, 6.45) is 13.3. The highest BCUT2D eigenvalue weighted by Crippen LogP contribution is 2.33. The van der Waals surface area contributed by atoms with Crippen LogP contribution in [0.25, 0.3) is 0 Å². The molecule has 2 N–H and O–H groups in total. The Bertz CT molecular complexity index is 877. The Morgan fingerprint density at radius 3 is 2.03 bits per heavy atom. The molecule has 166 valence electrons. The average molecular weight is 435 g/mol. The lowest BCUT2D eigenvalue weighted by atomic mass is 10.0.